The fourth-order valence-electron chi connectivity index (χ4n) is 4.33. The number of rotatable bonds is 4. The molecule has 1 aromatic heterocycles. The molecule has 1 heterocycles. The molecule has 5 nitrogen and oxygen atoms in total. The smallest absolute Gasteiger partial charge is 0.331 e. The first kappa shape index (κ1) is 18.6. The molecular formula is C21H28N2O3. The first-order valence-corrected chi connectivity index (χ1v) is 9.65. The minimum Gasteiger partial charge on any atom is -0.467 e. The van der Waals surface area contributed by atoms with E-state index in [9.17, 15) is 9.59 Å². The van der Waals surface area contributed by atoms with E-state index in [-0.39, 0.29) is 11.9 Å². The van der Waals surface area contributed by atoms with Gasteiger partial charge in [-0.2, -0.15) is 0 Å². The third kappa shape index (κ3) is 4.14. The zero-order valence-electron chi connectivity index (χ0n) is 15.5. The molecule has 5 heteroatoms. The van der Waals surface area contributed by atoms with Gasteiger partial charge in [-0.15, -0.1) is 0 Å². The summed E-state index contributed by atoms with van der Waals surface area (Å²) in [5, 5.41) is 2.98. The van der Waals surface area contributed by atoms with Gasteiger partial charge >= 0.3 is 5.97 Å². The monoisotopic (exact) mass is 356 g/mol. The standard InChI is InChI=1S/C21H28N2O3/c1-26-20(25)21(23-19(24)18-12-6-7-14-22-18)13-8-11-17(15-21)16-9-4-2-3-5-10-16/h6-7,9,12,14,17H,2-5,8,10-11,13,15H2,1H3,(H,23,24). The second kappa shape index (κ2) is 8.47. The van der Waals surface area contributed by atoms with Crippen LogP contribution in [0.3, 0.4) is 0 Å². The Kier molecular flexibility index (Phi) is 6.07. The van der Waals surface area contributed by atoms with Gasteiger partial charge in [-0.1, -0.05) is 24.1 Å². The minimum absolute atomic E-state index is 0.313. The predicted molar refractivity (Wildman–Crippen MR) is 99.6 cm³/mol. The van der Waals surface area contributed by atoms with Crippen molar-refractivity contribution in [1.29, 1.82) is 0 Å². The van der Waals surface area contributed by atoms with Gasteiger partial charge < -0.3 is 10.1 Å². The lowest BCUT2D eigenvalue weighted by molar-refractivity contribution is -0.150. The maximum absolute atomic E-state index is 12.7. The van der Waals surface area contributed by atoms with Gasteiger partial charge in [0.15, 0.2) is 0 Å². The lowest BCUT2D eigenvalue weighted by atomic mass is 9.72. The Morgan fingerprint density at radius 2 is 2.12 bits per heavy atom. The number of nitrogens with one attached hydrogen (secondary N) is 1. The quantitative estimate of drug-likeness (QED) is 0.658. The van der Waals surface area contributed by atoms with Crippen molar-refractivity contribution < 1.29 is 14.3 Å². The highest BCUT2D eigenvalue weighted by atomic mass is 16.5. The highest BCUT2D eigenvalue weighted by Gasteiger charge is 2.46. The van der Waals surface area contributed by atoms with Crippen molar-refractivity contribution in [3.8, 4) is 0 Å². The second-order valence-electron chi connectivity index (χ2n) is 7.41. The van der Waals surface area contributed by atoms with E-state index in [4.69, 9.17) is 4.74 Å². The van der Waals surface area contributed by atoms with Gasteiger partial charge in [0.05, 0.1) is 7.11 Å². The van der Waals surface area contributed by atoms with Crippen LogP contribution in [0.1, 0.15) is 68.3 Å². The molecule has 2 unspecified atom stereocenters. The fraction of sp³-hybridized carbons (Fsp3) is 0.571. The number of carbonyl (C=O) groups is 2. The third-order valence-corrected chi connectivity index (χ3v) is 5.68. The summed E-state index contributed by atoms with van der Waals surface area (Å²) in [6, 6.07) is 5.20. The van der Waals surface area contributed by atoms with Gasteiger partial charge in [-0.3, -0.25) is 9.78 Å². The molecule has 2 aliphatic rings. The number of hydrogen-bond acceptors (Lipinski definition) is 4. The van der Waals surface area contributed by atoms with Crippen LogP contribution in [0.25, 0.3) is 0 Å². The van der Waals surface area contributed by atoms with Crippen molar-refractivity contribution in [3.05, 3.63) is 41.7 Å². The number of methoxy groups -OCH3 is 1. The lowest BCUT2D eigenvalue weighted by Gasteiger charge is -2.40. The Morgan fingerprint density at radius 1 is 1.23 bits per heavy atom. The maximum atomic E-state index is 12.7. The zero-order chi connectivity index (χ0) is 18.4. The molecule has 0 radical (unpaired) electrons. The number of aromatic nitrogens is 1. The van der Waals surface area contributed by atoms with Crippen LogP contribution in [0.4, 0.5) is 0 Å². The number of amides is 1. The van der Waals surface area contributed by atoms with Crippen LogP contribution in [0.15, 0.2) is 36.0 Å². The molecule has 0 spiro atoms. The number of hydrogen-bond donors (Lipinski definition) is 1. The SMILES string of the molecule is COC(=O)C1(NC(=O)c2ccccn2)CCCC(C2=CCCCCC2)C1. The van der Waals surface area contributed by atoms with Gasteiger partial charge in [-0.05, 0) is 69.4 Å². The van der Waals surface area contributed by atoms with E-state index < -0.39 is 5.54 Å². The molecule has 0 aromatic carbocycles. The number of nitrogens with zero attached hydrogens (tertiary/aromatic N) is 1. The molecule has 2 aliphatic carbocycles. The van der Waals surface area contributed by atoms with Gasteiger partial charge in [0, 0.05) is 6.20 Å². The molecule has 0 saturated heterocycles. The molecule has 2 atom stereocenters. The van der Waals surface area contributed by atoms with E-state index >= 15 is 0 Å². The Balaban J connectivity index is 1.81. The van der Waals surface area contributed by atoms with Crippen LogP contribution in [-0.2, 0) is 9.53 Å². The van der Waals surface area contributed by atoms with Gasteiger partial charge in [-0.25, -0.2) is 4.79 Å². The zero-order valence-corrected chi connectivity index (χ0v) is 15.5. The number of esters is 1. The van der Waals surface area contributed by atoms with Crippen LogP contribution in [0.5, 0.6) is 0 Å². The molecule has 3 rings (SSSR count). The normalized spacial score (nSPS) is 26.3. The number of ether oxygens (including phenoxy) is 1. The first-order chi connectivity index (χ1) is 12.6. The lowest BCUT2D eigenvalue weighted by Crippen LogP contribution is -2.57. The molecule has 1 N–H and O–H groups in total. The van der Waals surface area contributed by atoms with Gasteiger partial charge in [0.1, 0.15) is 11.2 Å². The molecular weight excluding hydrogens is 328 g/mol. The summed E-state index contributed by atoms with van der Waals surface area (Å²) >= 11 is 0. The number of carbonyl (C=O) groups excluding carboxylic acids is 2. The van der Waals surface area contributed by atoms with E-state index in [1.165, 1.54) is 31.9 Å². The summed E-state index contributed by atoms with van der Waals surface area (Å²) in [6.07, 6.45) is 13.1. The molecule has 0 bridgehead atoms. The second-order valence-corrected chi connectivity index (χ2v) is 7.41. The van der Waals surface area contributed by atoms with Crippen LogP contribution in [0.2, 0.25) is 0 Å². The highest BCUT2D eigenvalue weighted by molar-refractivity contribution is 5.96. The average molecular weight is 356 g/mol. The van der Waals surface area contributed by atoms with Crippen LogP contribution >= 0.6 is 0 Å². The Hall–Kier alpha value is -2.17. The molecule has 1 aromatic rings. The van der Waals surface area contributed by atoms with Crippen LogP contribution in [0, 0.1) is 5.92 Å². The van der Waals surface area contributed by atoms with Gasteiger partial charge in [0.25, 0.3) is 5.91 Å². The number of allylic oxidation sites excluding steroid dienone is 2. The van der Waals surface area contributed by atoms with Crippen molar-refractivity contribution in [3.63, 3.8) is 0 Å². The average Bonchev–Trinajstić information content (AvgIpc) is 2.97. The summed E-state index contributed by atoms with van der Waals surface area (Å²) < 4.78 is 5.10. The van der Waals surface area contributed by atoms with Crippen molar-refractivity contribution in [2.75, 3.05) is 7.11 Å². The molecule has 1 fully saturated rings. The minimum atomic E-state index is -0.959. The molecule has 140 valence electrons. The maximum Gasteiger partial charge on any atom is 0.331 e. The van der Waals surface area contributed by atoms with E-state index in [2.05, 4.69) is 16.4 Å². The summed E-state index contributed by atoms with van der Waals surface area (Å²) in [6.45, 7) is 0. The van der Waals surface area contributed by atoms with E-state index in [0.717, 1.165) is 25.7 Å². The van der Waals surface area contributed by atoms with Gasteiger partial charge in [0.2, 0.25) is 0 Å². The summed E-state index contributed by atoms with van der Waals surface area (Å²) in [5.41, 5.74) is 0.827. The van der Waals surface area contributed by atoms with Crippen molar-refractivity contribution in [2.45, 2.75) is 63.3 Å². The van der Waals surface area contributed by atoms with E-state index in [1.807, 2.05) is 0 Å². The van der Waals surface area contributed by atoms with E-state index in [0.29, 0.717) is 24.5 Å². The predicted octanol–water partition coefficient (Wildman–Crippen LogP) is 3.80. The number of pyridine rings is 1. The molecule has 1 saturated carbocycles. The summed E-state index contributed by atoms with van der Waals surface area (Å²) in [7, 11) is 1.39. The topological polar surface area (TPSA) is 68.3 Å². The van der Waals surface area contributed by atoms with Crippen molar-refractivity contribution in [2.24, 2.45) is 5.92 Å². The third-order valence-electron chi connectivity index (χ3n) is 5.68. The van der Waals surface area contributed by atoms with Crippen molar-refractivity contribution >= 4 is 11.9 Å². The summed E-state index contributed by atoms with van der Waals surface area (Å²) in [4.78, 5) is 29.5. The highest BCUT2D eigenvalue weighted by Crippen LogP contribution is 2.40. The molecule has 26 heavy (non-hydrogen) atoms. The van der Waals surface area contributed by atoms with Crippen LogP contribution in [-0.4, -0.2) is 29.5 Å². The fourth-order valence-corrected chi connectivity index (χ4v) is 4.33. The largest absolute Gasteiger partial charge is 0.467 e. The van der Waals surface area contributed by atoms with E-state index in [1.54, 1.807) is 24.4 Å². The Bertz CT molecular complexity index is 671. The Labute approximate surface area is 155 Å². The molecule has 1 amide bonds. The summed E-state index contributed by atoms with van der Waals surface area (Å²) in [5.74, 6) is -0.322. The first-order valence-electron chi connectivity index (χ1n) is 9.65. The Morgan fingerprint density at radius 3 is 2.88 bits per heavy atom. The van der Waals surface area contributed by atoms with Crippen LogP contribution < -0.4 is 5.32 Å². The molecule has 0 aliphatic heterocycles. The van der Waals surface area contributed by atoms with Crippen molar-refractivity contribution in [1.82, 2.24) is 10.3 Å².